The first kappa shape index (κ1) is 11.3. The SMILES string of the molecule is CC(C)n1ncnc1CNC1CC=CCC1. The molecule has 1 aromatic heterocycles. The Morgan fingerprint density at radius 1 is 1.50 bits per heavy atom. The van der Waals surface area contributed by atoms with Crippen LogP contribution >= 0.6 is 0 Å². The van der Waals surface area contributed by atoms with Gasteiger partial charge in [0.05, 0.1) is 6.54 Å². The number of nitrogens with one attached hydrogen (secondary N) is 1. The van der Waals surface area contributed by atoms with Gasteiger partial charge in [0.25, 0.3) is 0 Å². The third kappa shape index (κ3) is 2.70. The first-order valence-corrected chi connectivity index (χ1v) is 6.04. The van der Waals surface area contributed by atoms with Gasteiger partial charge >= 0.3 is 0 Å². The summed E-state index contributed by atoms with van der Waals surface area (Å²) in [5.41, 5.74) is 0. The standard InChI is InChI=1S/C12H20N4/c1-10(2)16-12(14-9-15-16)8-13-11-6-4-3-5-7-11/h3-4,9-11,13H,5-8H2,1-2H3. The second-order valence-electron chi connectivity index (χ2n) is 4.58. The second kappa shape index (κ2) is 5.25. The Labute approximate surface area is 96.8 Å². The first-order chi connectivity index (χ1) is 7.77. The van der Waals surface area contributed by atoms with E-state index in [4.69, 9.17) is 0 Å². The van der Waals surface area contributed by atoms with Crippen molar-refractivity contribution in [3.8, 4) is 0 Å². The fourth-order valence-corrected chi connectivity index (χ4v) is 2.05. The van der Waals surface area contributed by atoms with Gasteiger partial charge in [-0.15, -0.1) is 0 Å². The Bertz CT molecular complexity index is 354. The van der Waals surface area contributed by atoms with Gasteiger partial charge in [0.2, 0.25) is 0 Å². The molecule has 0 saturated heterocycles. The quantitative estimate of drug-likeness (QED) is 0.790. The second-order valence-corrected chi connectivity index (χ2v) is 4.58. The molecule has 1 N–H and O–H groups in total. The van der Waals surface area contributed by atoms with Gasteiger partial charge in [-0.05, 0) is 33.1 Å². The van der Waals surface area contributed by atoms with E-state index < -0.39 is 0 Å². The van der Waals surface area contributed by atoms with E-state index >= 15 is 0 Å². The van der Waals surface area contributed by atoms with Crippen molar-refractivity contribution in [3.63, 3.8) is 0 Å². The number of rotatable bonds is 4. The fraction of sp³-hybridized carbons (Fsp3) is 0.667. The van der Waals surface area contributed by atoms with Crippen LogP contribution in [0.2, 0.25) is 0 Å². The van der Waals surface area contributed by atoms with Crippen LogP contribution in [0.25, 0.3) is 0 Å². The highest BCUT2D eigenvalue weighted by atomic mass is 15.4. The normalized spacial score (nSPS) is 20.6. The Hall–Kier alpha value is -1.16. The van der Waals surface area contributed by atoms with Crippen LogP contribution in [0.1, 0.15) is 45.0 Å². The fourth-order valence-electron chi connectivity index (χ4n) is 2.05. The monoisotopic (exact) mass is 220 g/mol. The smallest absolute Gasteiger partial charge is 0.141 e. The summed E-state index contributed by atoms with van der Waals surface area (Å²) in [4.78, 5) is 4.29. The Kier molecular flexibility index (Phi) is 3.72. The molecule has 1 aromatic rings. The average molecular weight is 220 g/mol. The predicted molar refractivity (Wildman–Crippen MR) is 64.0 cm³/mol. The zero-order chi connectivity index (χ0) is 11.4. The molecule has 0 aromatic carbocycles. The molecule has 16 heavy (non-hydrogen) atoms. The molecule has 0 amide bonds. The van der Waals surface area contributed by atoms with Gasteiger partial charge in [-0.1, -0.05) is 12.2 Å². The van der Waals surface area contributed by atoms with Crippen molar-refractivity contribution in [3.05, 3.63) is 24.3 Å². The average Bonchev–Trinajstić information content (AvgIpc) is 2.76. The molecule has 0 radical (unpaired) electrons. The summed E-state index contributed by atoms with van der Waals surface area (Å²) < 4.78 is 1.98. The molecule has 0 spiro atoms. The molecule has 1 aliphatic rings. The van der Waals surface area contributed by atoms with Crippen LogP contribution in [0, 0.1) is 0 Å². The Morgan fingerprint density at radius 3 is 3.06 bits per heavy atom. The predicted octanol–water partition coefficient (Wildman–Crippen LogP) is 2.06. The van der Waals surface area contributed by atoms with Crippen molar-refractivity contribution < 1.29 is 0 Å². The first-order valence-electron chi connectivity index (χ1n) is 6.04. The molecule has 88 valence electrons. The molecule has 1 heterocycles. The van der Waals surface area contributed by atoms with Crippen LogP contribution in [-0.4, -0.2) is 20.8 Å². The van der Waals surface area contributed by atoms with Crippen molar-refractivity contribution in [1.82, 2.24) is 20.1 Å². The van der Waals surface area contributed by atoms with Crippen LogP contribution in [0.15, 0.2) is 18.5 Å². The lowest BCUT2D eigenvalue weighted by molar-refractivity contribution is 0.438. The van der Waals surface area contributed by atoms with Crippen molar-refractivity contribution in [2.24, 2.45) is 0 Å². The van der Waals surface area contributed by atoms with E-state index in [9.17, 15) is 0 Å². The summed E-state index contributed by atoms with van der Waals surface area (Å²) in [6, 6.07) is 0.980. The van der Waals surface area contributed by atoms with Gasteiger partial charge in [0, 0.05) is 12.1 Å². The maximum atomic E-state index is 4.29. The molecule has 0 saturated carbocycles. The lowest BCUT2D eigenvalue weighted by Crippen LogP contribution is -2.30. The number of nitrogens with zero attached hydrogens (tertiary/aromatic N) is 3. The lowest BCUT2D eigenvalue weighted by atomic mass is 10.0. The van der Waals surface area contributed by atoms with E-state index in [0.717, 1.165) is 18.8 Å². The van der Waals surface area contributed by atoms with Crippen molar-refractivity contribution in [1.29, 1.82) is 0 Å². The number of aromatic nitrogens is 3. The van der Waals surface area contributed by atoms with Crippen molar-refractivity contribution in [2.75, 3.05) is 0 Å². The third-order valence-electron chi connectivity index (χ3n) is 2.95. The van der Waals surface area contributed by atoms with Crippen LogP contribution in [0.3, 0.4) is 0 Å². The topological polar surface area (TPSA) is 42.7 Å². The summed E-state index contributed by atoms with van der Waals surface area (Å²) in [5.74, 6) is 1.03. The van der Waals surface area contributed by atoms with Gasteiger partial charge in [0.1, 0.15) is 12.2 Å². The highest BCUT2D eigenvalue weighted by Gasteiger charge is 2.12. The summed E-state index contributed by atoms with van der Waals surface area (Å²) in [5, 5.41) is 7.78. The molecule has 4 heteroatoms. The van der Waals surface area contributed by atoms with Crippen LogP contribution in [0.5, 0.6) is 0 Å². The Morgan fingerprint density at radius 2 is 2.38 bits per heavy atom. The lowest BCUT2D eigenvalue weighted by Gasteiger charge is -2.19. The van der Waals surface area contributed by atoms with Gasteiger partial charge in [-0.2, -0.15) is 5.10 Å². The van der Waals surface area contributed by atoms with E-state index in [0.29, 0.717) is 12.1 Å². The maximum absolute atomic E-state index is 4.29. The molecule has 4 nitrogen and oxygen atoms in total. The zero-order valence-electron chi connectivity index (χ0n) is 10.1. The number of allylic oxidation sites excluding steroid dienone is 1. The summed E-state index contributed by atoms with van der Waals surface area (Å²) in [6.07, 6.45) is 9.71. The van der Waals surface area contributed by atoms with Gasteiger partial charge in [-0.3, -0.25) is 0 Å². The molecule has 0 bridgehead atoms. The molecule has 1 atom stereocenters. The molecular formula is C12H20N4. The summed E-state index contributed by atoms with van der Waals surface area (Å²) >= 11 is 0. The third-order valence-corrected chi connectivity index (χ3v) is 2.95. The van der Waals surface area contributed by atoms with Crippen molar-refractivity contribution in [2.45, 2.75) is 51.7 Å². The molecular weight excluding hydrogens is 200 g/mol. The van der Waals surface area contributed by atoms with E-state index in [1.54, 1.807) is 6.33 Å². The van der Waals surface area contributed by atoms with Crippen LogP contribution in [-0.2, 0) is 6.54 Å². The molecule has 0 aliphatic heterocycles. The van der Waals surface area contributed by atoms with Crippen molar-refractivity contribution >= 4 is 0 Å². The minimum absolute atomic E-state index is 0.380. The van der Waals surface area contributed by atoms with E-state index in [1.165, 1.54) is 12.8 Å². The zero-order valence-corrected chi connectivity index (χ0v) is 10.1. The largest absolute Gasteiger partial charge is 0.307 e. The van der Waals surface area contributed by atoms with E-state index in [-0.39, 0.29) is 0 Å². The summed E-state index contributed by atoms with van der Waals surface area (Å²) in [7, 11) is 0. The minimum atomic E-state index is 0.380. The summed E-state index contributed by atoms with van der Waals surface area (Å²) in [6.45, 7) is 5.07. The van der Waals surface area contributed by atoms with Crippen LogP contribution < -0.4 is 5.32 Å². The van der Waals surface area contributed by atoms with E-state index in [2.05, 4.69) is 41.4 Å². The van der Waals surface area contributed by atoms with Crippen LogP contribution in [0.4, 0.5) is 0 Å². The maximum Gasteiger partial charge on any atom is 0.141 e. The minimum Gasteiger partial charge on any atom is -0.307 e. The number of hydrogen-bond acceptors (Lipinski definition) is 3. The molecule has 2 rings (SSSR count). The molecule has 0 fully saturated rings. The Balaban J connectivity index is 1.89. The molecule has 1 aliphatic carbocycles. The number of hydrogen-bond donors (Lipinski definition) is 1. The highest BCUT2D eigenvalue weighted by Crippen LogP contribution is 2.11. The molecule has 1 unspecified atom stereocenters. The van der Waals surface area contributed by atoms with E-state index in [1.807, 2.05) is 4.68 Å². The van der Waals surface area contributed by atoms with Gasteiger partial charge in [-0.25, -0.2) is 9.67 Å². The van der Waals surface area contributed by atoms with Gasteiger partial charge < -0.3 is 5.32 Å². The van der Waals surface area contributed by atoms with Gasteiger partial charge in [0.15, 0.2) is 0 Å². The highest BCUT2D eigenvalue weighted by molar-refractivity contribution is 4.94.